The number of amides is 3. The van der Waals surface area contributed by atoms with E-state index >= 15 is 0 Å². The average Bonchev–Trinajstić information content (AvgIpc) is 3.42. The molecule has 0 saturated heterocycles. The van der Waals surface area contributed by atoms with Gasteiger partial charge in [-0.3, -0.25) is 14.4 Å². The smallest absolute Gasteiger partial charge is 0.416 e. The quantitative estimate of drug-likeness (QED) is 0.264. The Morgan fingerprint density at radius 1 is 0.878 bits per heavy atom. The zero-order valence-electron chi connectivity index (χ0n) is 20.8. The van der Waals surface area contributed by atoms with E-state index in [9.17, 15) is 32.3 Å². The molecule has 0 unspecified atom stereocenters. The number of hydrogen-bond acceptors (Lipinski definition) is 7. The number of imide groups is 1. The van der Waals surface area contributed by atoms with Gasteiger partial charge in [0.25, 0.3) is 17.7 Å². The van der Waals surface area contributed by atoms with Gasteiger partial charge in [0, 0.05) is 28.3 Å². The minimum atomic E-state index is -4.67. The molecule has 0 radical (unpaired) electrons. The Balaban J connectivity index is 1.24. The first-order valence-corrected chi connectivity index (χ1v) is 12.1. The number of nitrogens with one attached hydrogen (secondary N) is 1. The summed E-state index contributed by atoms with van der Waals surface area (Å²) in [5.74, 6) is -2.20. The fourth-order valence-electron chi connectivity index (χ4n) is 4.71. The van der Waals surface area contributed by atoms with Crippen molar-refractivity contribution in [1.29, 1.82) is 0 Å². The monoisotopic (exact) mass is 562 g/mol. The highest BCUT2D eigenvalue weighted by Crippen LogP contribution is 2.37. The number of carbonyl (C=O) groups is 4. The molecule has 206 valence electrons. The number of alkyl halides is 3. The number of ether oxygens (including phenoxy) is 3. The zero-order valence-corrected chi connectivity index (χ0v) is 20.8. The molecule has 0 aromatic heterocycles. The number of carbonyl (C=O) groups excluding carboxylic acids is 4. The molecule has 0 atom stereocenters. The van der Waals surface area contributed by atoms with Gasteiger partial charge in [0.2, 0.25) is 6.79 Å². The Morgan fingerprint density at radius 3 is 2.39 bits per heavy atom. The molecule has 6 rings (SSSR count). The molecule has 9 nitrogen and oxygen atoms in total. The van der Waals surface area contributed by atoms with E-state index in [1.165, 1.54) is 36.4 Å². The summed E-state index contributed by atoms with van der Waals surface area (Å²) in [6, 6.07) is 15.7. The van der Waals surface area contributed by atoms with E-state index in [1.54, 1.807) is 18.2 Å². The lowest BCUT2D eigenvalue weighted by Crippen LogP contribution is -2.40. The Labute approximate surface area is 229 Å². The molecule has 0 spiro atoms. The molecule has 2 aliphatic rings. The number of esters is 1. The van der Waals surface area contributed by atoms with E-state index < -0.39 is 42.0 Å². The first-order chi connectivity index (χ1) is 19.6. The van der Waals surface area contributed by atoms with Crippen molar-refractivity contribution in [3.63, 3.8) is 0 Å². The van der Waals surface area contributed by atoms with Crippen molar-refractivity contribution in [3.05, 3.63) is 95.1 Å². The normalized spacial score (nSPS) is 13.9. The summed E-state index contributed by atoms with van der Waals surface area (Å²) in [7, 11) is 0. The molecular formula is C29H17F3N2O7. The van der Waals surface area contributed by atoms with Crippen LogP contribution in [-0.4, -0.2) is 37.1 Å². The van der Waals surface area contributed by atoms with Crippen molar-refractivity contribution in [3.8, 4) is 11.5 Å². The minimum Gasteiger partial charge on any atom is -0.454 e. The van der Waals surface area contributed by atoms with Gasteiger partial charge < -0.3 is 19.5 Å². The topological polar surface area (TPSA) is 111 Å². The largest absolute Gasteiger partial charge is 0.454 e. The van der Waals surface area contributed by atoms with Gasteiger partial charge in [-0.1, -0.05) is 18.2 Å². The first-order valence-electron chi connectivity index (χ1n) is 12.1. The van der Waals surface area contributed by atoms with Crippen LogP contribution in [0.15, 0.2) is 72.8 Å². The number of nitrogens with zero attached hydrogens (tertiary/aromatic N) is 1. The van der Waals surface area contributed by atoms with Crippen molar-refractivity contribution in [2.24, 2.45) is 0 Å². The molecule has 4 aromatic rings. The number of anilines is 2. The second kappa shape index (κ2) is 9.66. The SMILES string of the molecule is O=C(COC(=O)c1ccc2c3c(cccc13)C(=O)N(c1cccc(C(F)(F)F)c1)C2=O)Nc1ccc2c(c1)OCO2. The highest BCUT2D eigenvalue weighted by atomic mass is 19.4. The second-order valence-corrected chi connectivity index (χ2v) is 9.07. The predicted octanol–water partition coefficient (Wildman–Crippen LogP) is 5.18. The number of benzene rings is 4. The van der Waals surface area contributed by atoms with Crippen LogP contribution in [0, 0.1) is 0 Å². The molecular weight excluding hydrogens is 545 g/mol. The lowest BCUT2D eigenvalue weighted by Gasteiger charge is -2.28. The third kappa shape index (κ3) is 4.58. The molecule has 12 heteroatoms. The van der Waals surface area contributed by atoms with Crippen molar-refractivity contribution < 1.29 is 46.6 Å². The summed E-state index contributed by atoms with van der Waals surface area (Å²) in [4.78, 5) is 52.7. The summed E-state index contributed by atoms with van der Waals surface area (Å²) in [5, 5.41) is 2.95. The van der Waals surface area contributed by atoms with Crippen LogP contribution in [0.1, 0.15) is 36.6 Å². The van der Waals surface area contributed by atoms with Gasteiger partial charge >= 0.3 is 12.1 Å². The Kier molecular flexibility index (Phi) is 6.10. The molecule has 1 N–H and O–H groups in total. The molecule has 3 amide bonds. The van der Waals surface area contributed by atoms with Gasteiger partial charge in [0.1, 0.15) is 0 Å². The maximum atomic E-state index is 13.4. The van der Waals surface area contributed by atoms with Gasteiger partial charge in [0.05, 0.1) is 16.8 Å². The third-order valence-electron chi connectivity index (χ3n) is 6.55. The molecule has 2 aliphatic heterocycles. The number of hydrogen-bond donors (Lipinski definition) is 1. The average molecular weight is 562 g/mol. The Morgan fingerprint density at radius 2 is 1.61 bits per heavy atom. The second-order valence-electron chi connectivity index (χ2n) is 9.07. The molecule has 4 aromatic carbocycles. The van der Waals surface area contributed by atoms with E-state index in [0.29, 0.717) is 22.1 Å². The zero-order chi connectivity index (χ0) is 28.9. The van der Waals surface area contributed by atoms with Crippen LogP contribution in [0.3, 0.4) is 0 Å². The Bertz CT molecular complexity index is 1760. The molecule has 0 saturated carbocycles. The van der Waals surface area contributed by atoms with Crippen LogP contribution in [0.25, 0.3) is 10.8 Å². The maximum absolute atomic E-state index is 13.4. The lowest BCUT2D eigenvalue weighted by molar-refractivity contribution is -0.137. The minimum absolute atomic E-state index is 0.00500. The molecule has 41 heavy (non-hydrogen) atoms. The van der Waals surface area contributed by atoms with E-state index in [2.05, 4.69) is 5.32 Å². The number of rotatable bonds is 5. The van der Waals surface area contributed by atoms with Crippen molar-refractivity contribution >= 4 is 45.8 Å². The van der Waals surface area contributed by atoms with Crippen molar-refractivity contribution in [2.75, 3.05) is 23.6 Å². The van der Waals surface area contributed by atoms with E-state index in [1.807, 2.05) is 0 Å². The fourth-order valence-corrected chi connectivity index (χ4v) is 4.71. The summed E-state index contributed by atoms with van der Waals surface area (Å²) in [6.45, 7) is -0.559. The summed E-state index contributed by atoms with van der Waals surface area (Å²) in [5.41, 5.74) is -0.821. The fraction of sp³-hybridized carbons (Fsp3) is 0.103. The van der Waals surface area contributed by atoms with Crippen LogP contribution in [0.5, 0.6) is 11.5 Å². The number of fused-ring (bicyclic) bond motifs is 1. The molecule has 0 aliphatic carbocycles. The van der Waals surface area contributed by atoms with Crippen LogP contribution >= 0.6 is 0 Å². The standard InChI is InChI=1S/C29H17F3N2O7/c30-29(31,32)15-3-1-4-17(11-15)34-26(36)20-6-2-5-18-19(8-9-21(25(18)20)27(34)37)28(38)39-13-24(35)33-16-7-10-22-23(12-16)41-14-40-22/h1-12H,13-14H2,(H,33,35). The van der Waals surface area contributed by atoms with E-state index in [-0.39, 0.29) is 39.9 Å². The summed E-state index contributed by atoms with van der Waals surface area (Å²) >= 11 is 0. The van der Waals surface area contributed by atoms with E-state index in [0.717, 1.165) is 18.2 Å². The number of halogens is 3. The maximum Gasteiger partial charge on any atom is 0.416 e. The third-order valence-corrected chi connectivity index (χ3v) is 6.55. The molecule has 0 fully saturated rings. The van der Waals surface area contributed by atoms with Crippen LogP contribution in [0.4, 0.5) is 24.5 Å². The van der Waals surface area contributed by atoms with Gasteiger partial charge in [0.15, 0.2) is 18.1 Å². The molecule has 0 bridgehead atoms. The van der Waals surface area contributed by atoms with Gasteiger partial charge in [-0.05, 0) is 53.9 Å². The van der Waals surface area contributed by atoms with Crippen LogP contribution in [0.2, 0.25) is 0 Å². The predicted molar refractivity (Wildman–Crippen MR) is 138 cm³/mol. The summed E-state index contributed by atoms with van der Waals surface area (Å²) in [6.07, 6.45) is -4.67. The van der Waals surface area contributed by atoms with Crippen molar-refractivity contribution in [1.82, 2.24) is 0 Å². The van der Waals surface area contributed by atoms with Gasteiger partial charge in [-0.25, -0.2) is 9.69 Å². The Hall–Kier alpha value is -5.39. The van der Waals surface area contributed by atoms with Gasteiger partial charge in [-0.2, -0.15) is 13.2 Å². The van der Waals surface area contributed by atoms with Gasteiger partial charge in [-0.15, -0.1) is 0 Å². The summed E-state index contributed by atoms with van der Waals surface area (Å²) < 4.78 is 55.5. The van der Waals surface area contributed by atoms with Crippen LogP contribution in [-0.2, 0) is 15.7 Å². The highest BCUT2D eigenvalue weighted by Gasteiger charge is 2.37. The molecule has 2 heterocycles. The van der Waals surface area contributed by atoms with Crippen LogP contribution < -0.4 is 19.7 Å². The highest BCUT2D eigenvalue weighted by molar-refractivity contribution is 6.36. The van der Waals surface area contributed by atoms with Crippen molar-refractivity contribution in [2.45, 2.75) is 6.18 Å². The lowest BCUT2D eigenvalue weighted by atomic mass is 9.91. The first kappa shape index (κ1) is 25.9. The van der Waals surface area contributed by atoms with E-state index in [4.69, 9.17) is 14.2 Å².